The monoisotopic (exact) mass is 482 g/mol. The van der Waals surface area contributed by atoms with Crippen LogP contribution in [-0.4, -0.2) is 23.5 Å². The number of para-hydroxylation sites is 1. The average molecular weight is 483 g/mol. The zero-order chi connectivity index (χ0) is 25.7. The molecule has 1 amide bonds. The van der Waals surface area contributed by atoms with Gasteiger partial charge in [0.2, 0.25) is 0 Å². The summed E-state index contributed by atoms with van der Waals surface area (Å²) in [7, 11) is 0. The third kappa shape index (κ3) is 5.89. The number of nitrogens with one attached hydrogen (secondary N) is 1. The molecule has 0 spiro atoms. The van der Waals surface area contributed by atoms with Crippen LogP contribution in [0.5, 0.6) is 11.5 Å². The van der Waals surface area contributed by atoms with E-state index in [-0.39, 0.29) is 5.41 Å². The second-order valence-electron chi connectivity index (χ2n) is 9.34. The number of amides is 1. The average Bonchev–Trinajstić information content (AvgIpc) is 2.88. The van der Waals surface area contributed by atoms with Crippen molar-refractivity contribution in [2.24, 2.45) is 0 Å². The Hall–Kier alpha value is -4.19. The van der Waals surface area contributed by atoms with Gasteiger partial charge in [-0.2, -0.15) is 0 Å². The topological polar surface area (TPSA) is 77.5 Å². The third-order valence-electron chi connectivity index (χ3n) is 6.29. The molecule has 0 aliphatic carbocycles. The van der Waals surface area contributed by atoms with Crippen molar-refractivity contribution in [2.75, 3.05) is 11.9 Å². The molecule has 4 aromatic rings. The van der Waals surface area contributed by atoms with Gasteiger partial charge >= 0.3 is 5.97 Å². The Labute approximate surface area is 211 Å². The molecule has 0 saturated carbocycles. The van der Waals surface area contributed by atoms with E-state index in [1.807, 2.05) is 43.3 Å². The predicted octanol–water partition coefficient (Wildman–Crippen LogP) is 6.82. The number of pyridine rings is 1. The van der Waals surface area contributed by atoms with Crippen LogP contribution in [0.1, 0.15) is 48.8 Å². The van der Waals surface area contributed by atoms with Crippen molar-refractivity contribution in [2.45, 2.75) is 39.5 Å². The van der Waals surface area contributed by atoms with Gasteiger partial charge in [-0.1, -0.05) is 51.1 Å². The minimum Gasteiger partial charge on any atom is -0.457 e. The third-order valence-corrected chi connectivity index (χ3v) is 6.29. The lowest BCUT2D eigenvalue weighted by molar-refractivity contribution is -0.119. The van der Waals surface area contributed by atoms with Crippen LogP contribution in [0.4, 0.5) is 5.69 Å². The number of hydrogen-bond acceptors (Lipinski definition) is 5. The summed E-state index contributed by atoms with van der Waals surface area (Å²) in [5, 5.41) is 3.42. The van der Waals surface area contributed by atoms with E-state index in [1.54, 1.807) is 30.3 Å². The second-order valence-corrected chi connectivity index (χ2v) is 9.34. The number of ether oxygens (including phenoxy) is 2. The van der Waals surface area contributed by atoms with Crippen molar-refractivity contribution in [1.82, 2.24) is 4.98 Å². The van der Waals surface area contributed by atoms with Crippen LogP contribution < -0.4 is 10.1 Å². The highest BCUT2D eigenvalue weighted by atomic mass is 16.5. The van der Waals surface area contributed by atoms with Gasteiger partial charge in [-0.05, 0) is 72.9 Å². The number of benzene rings is 3. The molecule has 0 bridgehead atoms. The number of hydrogen-bond donors (Lipinski definition) is 1. The van der Waals surface area contributed by atoms with Gasteiger partial charge in [-0.15, -0.1) is 0 Å². The summed E-state index contributed by atoms with van der Waals surface area (Å²) < 4.78 is 11.2. The van der Waals surface area contributed by atoms with Gasteiger partial charge in [0, 0.05) is 16.8 Å². The van der Waals surface area contributed by atoms with Gasteiger partial charge in [0.1, 0.15) is 11.5 Å². The van der Waals surface area contributed by atoms with E-state index >= 15 is 0 Å². The molecule has 0 aliphatic rings. The molecule has 0 fully saturated rings. The lowest BCUT2D eigenvalue weighted by Gasteiger charge is -2.23. The Morgan fingerprint density at radius 1 is 0.917 bits per heavy atom. The normalized spacial score (nSPS) is 11.2. The quantitative estimate of drug-likeness (QED) is 0.279. The Bertz CT molecular complexity index is 1380. The Balaban J connectivity index is 1.32. The van der Waals surface area contributed by atoms with Crippen molar-refractivity contribution in [3.8, 4) is 11.5 Å². The number of carbonyl (C=O) groups excluding carboxylic acids is 2. The molecule has 4 rings (SSSR count). The highest BCUT2D eigenvalue weighted by Crippen LogP contribution is 2.30. The molecular weight excluding hydrogens is 452 g/mol. The van der Waals surface area contributed by atoms with E-state index in [1.165, 1.54) is 5.56 Å². The maximum absolute atomic E-state index is 12.6. The maximum Gasteiger partial charge on any atom is 0.339 e. The lowest BCUT2D eigenvalue weighted by Crippen LogP contribution is -2.21. The van der Waals surface area contributed by atoms with Gasteiger partial charge in [-0.25, -0.2) is 4.79 Å². The molecule has 6 nitrogen and oxygen atoms in total. The van der Waals surface area contributed by atoms with Crippen LogP contribution in [0.2, 0.25) is 0 Å². The number of fused-ring (bicyclic) bond motifs is 1. The van der Waals surface area contributed by atoms with Gasteiger partial charge < -0.3 is 14.8 Å². The molecule has 6 heteroatoms. The molecule has 184 valence electrons. The SMILES string of the molecule is CCC(C)(C)c1ccc(Oc2ccc(NC(=O)COC(=O)c3cc(C)nc4ccccc34)cc2)cc1. The fraction of sp³-hybridized carbons (Fsp3) is 0.233. The molecule has 3 aromatic carbocycles. The zero-order valence-electron chi connectivity index (χ0n) is 21.0. The summed E-state index contributed by atoms with van der Waals surface area (Å²) in [6.45, 7) is 8.04. The van der Waals surface area contributed by atoms with Crippen molar-refractivity contribution < 1.29 is 19.1 Å². The largest absolute Gasteiger partial charge is 0.457 e. The summed E-state index contributed by atoms with van der Waals surface area (Å²) in [5.74, 6) is 0.403. The number of rotatable bonds is 8. The number of carbonyl (C=O) groups is 2. The van der Waals surface area contributed by atoms with Crippen LogP contribution >= 0.6 is 0 Å². The molecule has 0 aliphatic heterocycles. The van der Waals surface area contributed by atoms with Crippen molar-refractivity contribution in [3.63, 3.8) is 0 Å². The number of anilines is 1. The first kappa shape index (κ1) is 24.9. The van der Waals surface area contributed by atoms with E-state index < -0.39 is 18.5 Å². The van der Waals surface area contributed by atoms with E-state index in [2.05, 4.69) is 43.2 Å². The number of esters is 1. The molecular formula is C30H30N2O4. The van der Waals surface area contributed by atoms with Crippen molar-refractivity contribution in [3.05, 3.63) is 95.7 Å². The van der Waals surface area contributed by atoms with Crippen molar-refractivity contribution in [1.29, 1.82) is 0 Å². The molecule has 0 atom stereocenters. The second kappa shape index (κ2) is 10.6. The molecule has 1 aromatic heterocycles. The summed E-state index contributed by atoms with van der Waals surface area (Å²) in [6, 6.07) is 24.1. The number of aryl methyl sites for hydroxylation is 1. The summed E-state index contributed by atoms with van der Waals surface area (Å²) in [4.78, 5) is 29.4. The first-order valence-corrected chi connectivity index (χ1v) is 12.0. The number of aromatic nitrogens is 1. The van der Waals surface area contributed by atoms with Gasteiger partial charge in [0.05, 0.1) is 11.1 Å². The summed E-state index contributed by atoms with van der Waals surface area (Å²) in [6.07, 6.45) is 1.06. The Morgan fingerprint density at radius 2 is 1.56 bits per heavy atom. The van der Waals surface area contributed by atoms with Crippen LogP contribution in [0.25, 0.3) is 10.9 Å². The van der Waals surface area contributed by atoms with Crippen LogP contribution in [0.3, 0.4) is 0 Å². The smallest absolute Gasteiger partial charge is 0.339 e. The van der Waals surface area contributed by atoms with Crippen LogP contribution in [0.15, 0.2) is 78.9 Å². The van der Waals surface area contributed by atoms with E-state index in [4.69, 9.17) is 9.47 Å². The molecule has 0 radical (unpaired) electrons. The summed E-state index contributed by atoms with van der Waals surface area (Å²) in [5.41, 5.74) is 3.76. The minimum atomic E-state index is -0.566. The van der Waals surface area contributed by atoms with E-state index in [0.717, 1.165) is 12.2 Å². The van der Waals surface area contributed by atoms with Gasteiger partial charge in [-0.3, -0.25) is 9.78 Å². The molecule has 1 N–H and O–H groups in total. The number of nitrogens with zero attached hydrogens (tertiary/aromatic N) is 1. The summed E-state index contributed by atoms with van der Waals surface area (Å²) >= 11 is 0. The highest BCUT2D eigenvalue weighted by Gasteiger charge is 2.18. The Morgan fingerprint density at radius 3 is 2.22 bits per heavy atom. The van der Waals surface area contributed by atoms with Crippen LogP contribution in [-0.2, 0) is 14.9 Å². The molecule has 0 saturated heterocycles. The highest BCUT2D eigenvalue weighted by molar-refractivity contribution is 6.04. The van der Waals surface area contributed by atoms with Crippen LogP contribution in [0, 0.1) is 6.92 Å². The van der Waals surface area contributed by atoms with Gasteiger partial charge in [0.15, 0.2) is 6.61 Å². The zero-order valence-corrected chi connectivity index (χ0v) is 21.0. The fourth-order valence-corrected chi connectivity index (χ4v) is 3.80. The maximum atomic E-state index is 12.6. The fourth-order valence-electron chi connectivity index (χ4n) is 3.80. The van der Waals surface area contributed by atoms with Crippen molar-refractivity contribution >= 4 is 28.5 Å². The molecule has 0 unspecified atom stereocenters. The Kier molecular flexibility index (Phi) is 7.34. The standard InChI is InChI=1S/C30H30N2O4/c1-5-30(3,4)21-10-14-23(15-11-21)36-24-16-12-22(13-17-24)32-28(33)19-35-29(34)26-18-20(2)31-27-9-7-6-8-25(26)27/h6-18H,5,19H2,1-4H3,(H,32,33). The lowest BCUT2D eigenvalue weighted by atomic mass is 9.82. The first-order valence-electron chi connectivity index (χ1n) is 12.0. The first-order chi connectivity index (χ1) is 17.2. The van der Waals surface area contributed by atoms with E-state index in [9.17, 15) is 9.59 Å². The molecule has 1 heterocycles. The van der Waals surface area contributed by atoms with E-state index in [0.29, 0.717) is 33.6 Å². The predicted molar refractivity (Wildman–Crippen MR) is 142 cm³/mol. The van der Waals surface area contributed by atoms with Gasteiger partial charge in [0.25, 0.3) is 5.91 Å². The minimum absolute atomic E-state index is 0.123. The molecule has 36 heavy (non-hydrogen) atoms.